The number of allylic oxidation sites excluding steroid dienone is 3. The molecule has 1 fully saturated rings. The number of hydrogen-bond donors (Lipinski definition) is 6. The van der Waals surface area contributed by atoms with E-state index in [1.807, 2.05) is 6.08 Å². The van der Waals surface area contributed by atoms with Gasteiger partial charge in [0.1, 0.15) is 24.4 Å². The van der Waals surface area contributed by atoms with Crippen LogP contribution in [-0.2, 0) is 23.8 Å². The largest absolute Gasteiger partial charge is 0.466 e. The summed E-state index contributed by atoms with van der Waals surface area (Å²) >= 11 is 0. The Kier molecular flexibility index (Phi) is 42.0. The van der Waals surface area contributed by atoms with Crippen molar-refractivity contribution in [1.82, 2.24) is 5.32 Å². The summed E-state index contributed by atoms with van der Waals surface area (Å²) in [5, 5.41) is 54.3. The Morgan fingerprint density at radius 2 is 1.00 bits per heavy atom. The SMILES string of the molecule is CCCC/C=C\CCCCCCCC(=O)OCCCCCCCCCCCCCCCCC(=O)NC(COC1OC(CO)C(O)C(O)C1O)C(O)/C=C/CCCCCCCCCCCC. The zero-order chi connectivity index (χ0) is 47.4. The number of aliphatic hydroxyl groups excluding tert-OH is 5. The van der Waals surface area contributed by atoms with Gasteiger partial charge in [-0.3, -0.25) is 9.59 Å². The molecule has 11 heteroatoms. The third kappa shape index (κ3) is 35.0. The van der Waals surface area contributed by atoms with E-state index in [0.717, 1.165) is 70.6 Å². The van der Waals surface area contributed by atoms with Crippen LogP contribution in [0.2, 0.25) is 0 Å². The van der Waals surface area contributed by atoms with Gasteiger partial charge in [-0.25, -0.2) is 0 Å². The molecule has 1 rings (SSSR count). The number of hydrogen-bond acceptors (Lipinski definition) is 10. The van der Waals surface area contributed by atoms with Crippen molar-refractivity contribution in [3.05, 3.63) is 24.3 Å². The summed E-state index contributed by atoms with van der Waals surface area (Å²) < 4.78 is 16.7. The zero-order valence-corrected chi connectivity index (χ0v) is 41.7. The van der Waals surface area contributed by atoms with E-state index in [9.17, 15) is 35.1 Å². The molecule has 1 aliphatic rings. The van der Waals surface area contributed by atoms with E-state index in [1.165, 1.54) is 148 Å². The van der Waals surface area contributed by atoms with Crippen LogP contribution in [0.15, 0.2) is 24.3 Å². The fourth-order valence-electron chi connectivity index (χ4n) is 8.41. The van der Waals surface area contributed by atoms with Gasteiger partial charge < -0.3 is 45.1 Å². The topological polar surface area (TPSA) is 175 Å². The number of carbonyl (C=O) groups excluding carboxylic acids is 2. The fourth-order valence-corrected chi connectivity index (χ4v) is 8.41. The van der Waals surface area contributed by atoms with Crippen molar-refractivity contribution < 1.29 is 49.3 Å². The predicted molar refractivity (Wildman–Crippen MR) is 264 cm³/mol. The van der Waals surface area contributed by atoms with Crippen LogP contribution < -0.4 is 5.32 Å². The summed E-state index contributed by atoms with van der Waals surface area (Å²) in [6, 6.07) is -0.817. The monoisotopic (exact) mass is 924 g/mol. The Balaban J connectivity index is 2.16. The lowest BCUT2D eigenvalue weighted by Crippen LogP contribution is -2.60. The average Bonchev–Trinajstić information content (AvgIpc) is 3.30. The second-order valence-electron chi connectivity index (χ2n) is 18.9. The van der Waals surface area contributed by atoms with Gasteiger partial charge >= 0.3 is 5.97 Å². The van der Waals surface area contributed by atoms with E-state index in [1.54, 1.807) is 6.08 Å². The third-order valence-electron chi connectivity index (χ3n) is 12.8. The molecule has 0 aromatic carbocycles. The van der Waals surface area contributed by atoms with Crippen LogP contribution in [0.1, 0.15) is 245 Å². The van der Waals surface area contributed by atoms with Gasteiger partial charge in [-0.2, -0.15) is 0 Å². The highest BCUT2D eigenvalue weighted by molar-refractivity contribution is 5.76. The maximum absolute atomic E-state index is 13.0. The fraction of sp³-hybridized carbons (Fsp3) is 0.889. The van der Waals surface area contributed by atoms with Gasteiger partial charge in [0.2, 0.25) is 5.91 Å². The number of ether oxygens (including phenoxy) is 3. The van der Waals surface area contributed by atoms with Crippen molar-refractivity contribution in [1.29, 1.82) is 0 Å². The number of unbranched alkanes of at least 4 members (excludes halogenated alkanes) is 30. The Morgan fingerprint density at radius 1 is 0.554 bits per heavy atom. The summed E-state index contributed by atoms with van der Waals surface area (Å²) in [7, 11) is 0. The van der Waals surface area contributed by atoms with Gasteiger partial charge in [-0.1, -0.05) is 205 Å². The number of esters is 1. The van der Waals surface area contributed by atoms with E-state index in [4.69, 9.17) is 14.2 Å². The quantitative estimate of drug-likeness (QED) is 0.0196. The molecule has 1 saturated heterocycles. The minimum absolute atomic E-state index is 0.0341. The molecule has 1 amide bonds. The van der Waals surface area contributed by atoms with E-state index in [0.29, 0.717) is 19.4 Å². The Morgan fingerprint density at radius 3 is 1.52 bits per heavy atom. The van der Waals surface area contributed by atoms with E-state index in [-0.39, 0.29) is 18.5 Å². The maximum Gasteiger partial charge on any atom is 0.305 e. The van der Waals surface area contributed by atoms with Crippen molar-refractivity contribution in [2.45, 2.75) is 288 Å². The van der Waals surface area contributed by atoms with Crippen LogP contribution in [-0.4, -0.2) is 100 Å². The molecule has 0 aromatic heterocycles. The van der Waals surface area contributed by atoms with Crippen LogP contribution in [0.5, 0.6) is 0 Å². The Hall–Kier alpha value is -1.86. The first-order chi connectivity index (χ1) is 31.7. The maximum atomic E-state index is 13.0. The van der Waals surface area contributed by atoms with Crippen LogP contribution in [0.3, 0.4) is 0 Å². The molecule has 11 nitrogen and oxygen atoms in total. The second-order valence-corrected chi connectivity index (χ2v) is 18.9. The molecular weight excluding hydrogens is 823 g/mol. The molecule has 7 unspecified atom stereocenters. The van der Waals surface area contributed by atoms with E-state index < -0.39 is 49.5 Å². The summed E-state index contributed by atoms with van der Waals surface area (Å²) in [6.45, 7) is 4.26. The van der Waals surface area contributed by atoms with Gasteiger partial charge in [0.15, 0.2) is 6.29 Å². The minimum atomic E-state index is -1.57. The Bertz CT molecular complexity index is 1130. The first kappa shape index (κ1) is 61.2. The first-order valence-electron chi connectivity index (χ1n) is 27.1. The van der Waals surface area contributed by atoms with E-state index in [2.05, 4.69) is 31.3 Å². The van der Waals surface area contributed by atoms with Crippen molar-refractivity contribution in [3.8, 4) is 0 Å². The lowest BCUT2D eigenvalue weighted by atomic mass is 9.99. The second kappa shape index (κ2) is 44.6. The van der Waals surface area contributed by atoms with Gasteiger partial charge in [0, 0.05) is 12.8 Å². The number of rotatable bonds is 46. The molecule has 382 valence electrons. The van der Waals surface area contributed by atoms with Gasteiger partial charge in [-0.15, -0.1) is 0 Å². The van der Waals surface area contributed by atoms with Crippen molar-refractivity contribution in [2.75, 3.05) is 19.8 Å². The molecule has 0 bridgehead atoms. The van der Waals surface area contributed by atoms with Crippen molar-refractivity contribution in [2.24, 2.45) is 0 Å². The molecule has 0 saturated carbocycles. The van der Waals surface area contributed by atoms with Crippen LogP contribution in [0, 0.1) is 0 Å². The lowest BCUT2D eigenvalue weighted by molar-refractivity contribution is -0.302. The Labute approximate surface area is 397 Å². The zero-order valence-electron chi connectivity index (χ0n) is 41.7. The highest BCUT2D eigenvalue weighted by Gasteiger charge is 2.44. The molecular formula is C54H101NO10. The van der Waals surface area contributed by atoms with Gasteiger partial charge in [0.05, 0.1) is 32.0 Å². The highest BCUT2D eigenvalue weighted by Crippen LogP contribution is 2.23. The van der Waals surface area contributed by atoms with Crippen LogP contribution in [0.4, 0.5) is 0 Å². The summed E-state index contributed by atoms with van der Waals surface area (Å²) in [4.78, 5) is 25.0. The molecule has 1 aliphatic heterocycles. The number of aliphatic hydroxyl groups is 5. The summed E-state index contributed by atoms with van der Waals surface area (Å²) in [5.41, 5.74) is 0. The standard InChI is InChI=1S/C54H101NO10/c1-3-5-7-9-11-13-15-21-24-28-32-36-40-47(57)46(45-64-54-53(62)52(61)51(60)48(44-56)65-54)55-49(58)41-37-33-29-25-22-18-16-17-19-23-27-31-35-39-43-63-50(59)42-38-34-30-26-20-14-12-10-8-6-4-2/h10,12,36,40,46-48,51-54,56-57,60-62H,3-9,11,13-35,37-39,41-45H2,1-2H3,(H,55,58)/b12-10-,40-36+. The molecule has 1 heterocycles. The first-order valence-corrected chi connectivity index (χ1v) is 27.1. The van der Waals surface area contributed by atoms with Crippen molar-refractivity contribution >= 4 is 11.9 Å². The predicted octanol–water partition coefficient (Wildman–Crippen LogP) is 11.4. The van der Waals surface area contributed by atoms with Crippen LogP contribution in [0.25, 0.3) is 0 Å². The normalized spacial score (nSPS) is 19.9. The van der Waals surface area contributed by atoms with E-state index >= 15 is 0 Å². The van der Waals surface area contributed by atoms with Crippen LogP contribution >= 0.6 is 0 Å². The third-order valence-corrected chi connectivity index (χ3v) is 12.8. The number of nitrogens with one attached hydrogen (secondary N) is 1. The lowest BCUT2D eigenvalue weighted by Gasteiger charge is -2.40. The van der Waals surface area contributed by atoms with Crippen molar-refractivity contribution in [3.63, 3.8) is 0 Å². The molecule has 0 spiro atoms. The smallest absolute Gasteiger partial charge is 0.305 e. The molecule has 7 atom stereocenters. The molecule has 0 aliphatic carbocycles. The summed E-state index contributed by atoms with van der Waals surface area (Å²) in [5.74, 6) is -0.227. The molecule has 0 radical (unpaired) electrons. The number of amides is 1. The highest BCUT2D eigenvalue weighted by atomic mass is 16.7. The molecule has 0 aromatic rings. The average molecular weight is 924 g/mol. The molecule has 65 heavy (non-hydrogen) atoms. The minimum Gasteiger partial charge on any atom is -0.466 e. The van der Waals surface area contributed by atoms with Gasteiger partial charge in [0.25, 0.3) is 0 Å². The number of carbonyl (C=O) groups is 2. The van der Waals surface area contributed by atoms with Gasteiger partial charge in [-0.05, 0) is 51.4 Å². The summed E-state index contributed by atoms with van der Waals surface area (Å²) in [6.07, 6.45) is 41.0. The molecule has 6 N–H and O–H groups in total.